The minimum absolute atomic E-state index is 0.00246. The van der Waals surface area contributed by atoms with Crippen molar-refractivity contribution in [3.8, 4) is 0 Å². The summed E-state index contributed by atoms with van der Waals surface area (Å²) in [4.78, 5) is 16.3. The van der Waals surface area contributed by atoms with Gasteiger partial charge in [0.05, 0.1) is 18.1 Å². The molecule has 3 rings (SSSR count). The van der Waals surface area contributed by atoms with Gasteiger partial charge in [-0.3, -0.25) is 9.69 Å². The number of rotatable bonds is 4. The molecule has 1 heterocycles. The average Bonchev–Trinajstić information content (AvgIpc) is 2.93. The summed E-state index contributed by atoms with van der Waals surface area (Å²) in [6, 6.07) is 8.55. The molecular weight excluding hydrogens is 324 g/mol. The minimum atomic E-state index is -2.97. The van der Waals surface area contributed by atoms with E-state index in [0.29, 0.717) is 13.0 Å². The van der Waals surface area contributed by atoms with Gasteiger partial charge >= 0.3 is 0 Å². The Labute approximate surface area is 144 Å². The zero-order valence-corrected chi connectivity index (χ0v) is 15.3. The number of amides is 1. The molecule has 0 saturated carbocycles. The number of aryl methyl sites for hydroxylation is 1. The third-order valence-electron chi connectivity index (χ3n) is 5.40. The quantitative estimate of drug-likeness (QED) is 0.828. The number of carbonyl (C=O) groups excluding carboxylic acids is 1. The van der Waals surface area contributed by atoms with E-state index in [4.69, 9.17) is 0 Å². The van der Waals surface area contributed by atoms with Crippen LogP contribution >= 0.6 is 0 Å². The Balaban J connectivity index is 1.65. The van der Waals surface area contributed by atoms with Crippen LogP contribution in [-0.4, -0.2) is 62.3 Å². The minimum Gasteiger partial charge on any atom is -0.341 e. The number of sulfone groups is 1. The molecular formula is C18H26N2O3S. The fraction of sp³-hybridized carbons (Fsp3) is 0.611. The van der Waals surface area contributed by atoms with Crippen molar-refractivity contribution in [2.24, 2.45) is 0 Å². The molecule has 2 aliphatic rings. The highest BCUT2D eigenvalue weighted by molar-refractivity contribution is 7.91. The normalized spacial score (nSPS) is 25.5. The van der Waals surface area contributed by atoms with Gasteiger partial charge in [-0.15, -0.1) is 0 Å². The van der Waals surface area contributed by atoms with Gasteiger partial charge < -0.3 is 4.90 Å². The van der Waals surface area contributed by atoms with E-state index in [9.17, 15) is 13.2 Å². The molecule has 0 bridgehead atoms. The Morgan fingerprint density at radius 2 is 1.96 bits per heavy atom. The largest absolute Gasteiger partial charge is 0.341 e. The number of fused-ring (bicyclic) bond motifs is 1. The highest BCUT2D eigenvalue weighted by Gasteiger charge is 2.33. The highest BCUT2D eigenvalue weighted by atomic mass is 32.2. The molecule has 1 aliphatic heterocycles. The summed E-state index contributed by atoms with van der Waals surface area (Å²) in [5.74, 6) is 0.300. The second kappa shape index (κ2) is 6.84. The van der Waals surface area contributed by atoms with Gasteiger partial charge in [-0.2, -0.15) is 0 Å². The lowest BCUT2D eigenvalue weighted by Crippen LogP contribution is -2.44. The Morgan fingerprint density at radius 3 is 2.67 bits per heavy atom. The van der Waals surface area contributed by atoms with E-state index in [1.54, 1.807) is 11.9 Å². The molecule has 1 aromatic rings. The van der Waals surface area contributed by atoms with Crippen molar-refractivity contribution in [3.63, 3.8) is 0 Å². The Hall–Kier alpha value is -1.40. The van der Waals surface area contributed by atoms with Crippen molar-refractivity contribution in [2.75, 3.05) is 32.1 Å². The molecule has 132 valence electrons. The van der Waals surface area contributed by atoms with E-state index in [1.165, 1.54) is 11.1 Å². The third-order valence-corrected chi connectivity index (χ3v) is 7.15. The van der Waals surface area contributed by atoms with Crippen molar-refractivity contribution >= 4 is 15.7 Å². The van der Waals surface area contributed by atoms with Crippen molar-refractivity contribution in [1.82, 2.24) is 9.80 Å². The maximum atomic E-state index is 12.6. The summed E-state index contributed by atoms with van der Waals surface area (Å²) in [5, 5.41) is 0. The predicted octanol–water partition coefficient (Wildman–Crippen LogP) is 1.64. The zero-order chi connectivity index (χ0) is 17.3. The summed E-state index contributed by atoms with van der Waals surface area (Å²) in [6.07, 6.45) is 3.86. The molecule has 0 aromatic heterocycles. The lowest BCUT2D eigenvalue weighted by atomic mass is 9.87. The van der Waals surface area contributed by atoms with Gasteiger partial charge in [-0.05, 0) is 43.9 Å². The van der Waals surface area contributed by atoms with Gasteiger partial charge in [0.25, 0.3) is 0 Å². The molecule has 24 heavy (non-hydrogen) atoms. The van der Waals surface area contributed by atoms with Crippen LogP contribution in [0.4, 0.5) is 0 Å². The molecule has 0 N–H and O–H groups in total. The van der Waals surface area contributed by atoms with Gasteiger partial charge in [-0.25, -0.2) is 8.42 Å². The summed E-state index contributed by atoms with van der Waals surface area (Å²) in [6.45, 7) is 0.325. The van der Waals surface area contributed by atoms with E-state index in [2.05, 4.69) is 29.2 Å². The SMILES string of the molecule is CN(CC(=O)N(C)[C@H]1CCS(=O)(=O)C1)[C@H]1CCCc2ccccc21. The third kappa shape index (κ3) is 3.64. The molecule has 0 unspecified atom stereocenters. The Bertz CT molecular complexity index is 717. The molecule has 1 aliphatic carbocycles. The predicted molar refractivity (Wildman–Crippen MR) is 94.6 cm³/mol. The van der Waals surface area contributed by atoms with Crippen LogP contribution in [0.15, 0.2) is 24.3 Å². The lowest BCUT2D eigenvalue weighted by molar-refractivity contribution is -0.133. The fourth-order valence-corrected chi connectivity index (χ4v) is 5.68. The average molecular weight is 350 g/mol. The molecule has 0 radical (unpaired) electrons. The smallest absolute Gasteiger partial charge is 0.236 e. The topological polar surface area (TPSA) is 57.7 Å². The standard InChI is InChI=1S/C18H26N2O3S/c1-19(17-9-5-7-14-6-3-4-8-16(14)17)12-18(21)20(2)15-10-11-24(22,23)13-15/h3-4,6,8,15,17H,5,7,9-13H2,1-2H3/t15-,17-/m0/s1. The molecule has 0 spiro atoms. The van der Waals surface area contributed by atoms with Crippen LogP contribution in [0.1, 0.15) is 36.4 Å². The van der Waals surface area contributed by atoms with Gasteiger partial charge in [-0.1, -0.05) is 24.3 Å². The maximum absolute atomic E-state index is 12.6. The van der Waals surface area contributed by atoms with E-state index < -0.39 is 9.84 Å². The first-order chi connectivity index (χ1) is 11.4. The molecule has 5 nitrogen and oxygen atoms in total. The number of hydrogen-bond donors (Lipinski definition) is 0. The van der Waals surface area contributed by atoms with Gasteiger partial charge in [0.1, 0.15) is 0 Å². The Kier molecular flexibility index (Phi) is 4.97. The number of nitrogens with zero attached hydrogens (tertiary/aromatic N) is 2. The molecule has 1 fully saturated rings. The van der Waals surface area contributed by atoms with E-state index in [1.807, 2.05) is 7.05 Å². The molecule has 1 saturated heterocycles. The number of likely N-dealkylation sites (N-methyl/N-ethyl adjacent to an activating group) is 2. The van der Waals surface area contributed by atoms with Crippen LogP contribution in [0.5, 0.6) is 0 Å². The van der Waals surface area contributed by atoms with Gasteiger partial charge in [0.15, 0.2) is 9.84 Å². The van der Waals surface area contributed by atoms with Crippen LogP contribution in [0.25, 0.3) is 0 Å². The lowest BCUT2D eigenvalue weighted by Gasteiger charge is -2.34. The van der Waals surface area contributed by atoms with Crippen molar-refractivity contribution in [1.29, 1.82) is 0 Å². The van der Waals surface area contributed by atoms with Crippen LogP contribution in [0.2, 0.25) is 0 Å². The molecule has 1 aromatic carbocycles. The summed E-state index contributed by atoms with van der Waals surface area (Å²) in [5.41, 5.74) is 2.70. The second-order valence-corrected chi connectivity index (χ2v) is 9.31. The number of carbonyl (C=O) groups is 1. The zero-order valence-electron chi connectivity index (χ0n) is 14.4. The van der Waals surface area contributed by atoms with Crippen molar-refractivity contribution < 1.29 is 13.2 Å². The molecule has 2 atom stereocenters. The van der Waals surface area contributed by atoms with Crippen LogP contribution < -0.4 is 0 Å². The van der Waals surface area contributed by atoms with Crippen molar-refractivity contribution in [3.05, 3.63) is 35.4 Å². The van der Waals surface area contributed by atoms with Gasteiger partial charge in [0.2, 0.25) is 5.91 Å². The van der Waals surface area contributed by atoms with E-state index in [-0.39, 0.29) is 29.5 Å². The first kappa shape index (κ1) is 17.4. The van der Waals surface area contributed by atoms with E-state index >= 15 is 0 Å². The second-order valence-electron chi connectivity index (χ2n) is 7.08. The molecule has 1 amide bonds. The molecule has 6 heteroatoms. The van der Waals surface area contributed by atoms with E-state index in [0.717, 1.165) is 19.3 Å². The monoisotopic (exact) mass is 350 g/mol. The highest BCUT2D eigenvalue weighted by Crippen LogP contribution is 2.33. The fourth-order valence-electron chi connectivity index (χ4n) is 3.91. The van der Waals surface area contributed by atoms with Crippen LogP contribution in [-0.2, 0) is 21.1 Å². The van der Waals surface area contributed by atoms with Gasteiger partial charge in [0, 0.05) is 19.1 Å². The Morgan fingerprint density at radius 1 is 1.21 bits per heavy atom. The van der Waals surface area contributed by atoms with Crippen LogP contribution in [0, 0.1) is 0 Å². The summed E-state index contributed by atoms with van der Waals surface area (Å²) < 4.78 is 23.3. The maximum Gasteiger partial charge on any atom is 0.236 e. The summed E-state index contributed by atoms with van der Waals surface area (Å²) >= 11 is 0. The first-order valence-electron chi connectivity index (χ1n) is 8.61. The van der Waals surface area contributed by atoms with Crippen LogP contribution in [0.3, 0.4) is 0 Å². The van der Waals surface area contributed by atoms with Crippen molar-refractivity contribution in [2.45, 2.75) is 37.8 Å². The summed E-state index contributed by atoms with van der Waals surface area (Å²) in [7, 11) is 0.752. The first-order valence-corrected chi connectivity index (χ1v) is 10.4. The number of benzene rings is 1. The number of hydrogen-bond acceptors (Lipinski definition) is 4.